The van der Waals surface area contributed by atoms with Gasteiger partial charge in [-0.2, -0.15) is 0 Å². The Bertz CT molecular complexity index is 1070. The van der Waals surface area contributed by atoms with Crippen LogP contribution in [0.3, 0.4) is 0 Å². The number of anilines is 1. The van der Waals surface area contributed by atoms with Crippen molar-refractivity contribution in [3.8, 4) is 17.2 Å². The lowest BCUT2D eigenvalue weighted by molar-refractivity contribution is 0.0926. The molecule has 0 fully saturated rings. The SMILES string of the molecule is CCCOc1ccc(C(=O)NC(C)COc2cccc3nc(C)cc(N)c23)cc1OC. The summed E-state index contributed by atoms with van der Waals surface area (Å²) < 4.78 is 17.0. The first kappa shape index (κ1) is 22.2. The van der Waals surface area contributed by atoms with Crippen molar-refractivity contribution in [1.82, 2.24) is 10.3 Å². The van der Waals surface area contributed by atoms with Crippen LogP contribution in [0.15, 0.2) is 42.5 Å². The second kappa shape index (κ2) is 10.0. The van der Waals surface area contributed by atoms with Crippen molar-refractivity contribution in [2.24, 2.45) is 0 Å². The molecule has 0 radical (unpaired) electrons. The minimum Gasteiger partial charge on any atom is -0.493 e. The number of rotatable bonds is 9. The molecule has 7 nitrogen and oxygen atoms in total. The normalized spacial score (nSPS) is 11.7. The van der Waals surface area contributed by atoms with Gasteiger partial charge >= 0.3 is 0 Å². The Kier molecular flexibility index (Phi) is 7.18. The number of pyridine rings is 1. The molecule has 1 unspecified atom stereocenters. The molecular formula is C24H29N3O4. The summed E-state index contributed by atoms with van der Waals surface area (Å²) in [4.78, 5) is 17.2. The third kappa shape index (κ3) is 5.36. The number of carbonyl (C=O) groups is 1. The largest absolute Gasteiger partial charge is 0.493 e. The molecule has 0 aliphatic carbocycles. The van der Waals surface area contributed by atoms with Crippen LogP contribution in [-0.4, -0.2) is 37.3 Å². The first-order valence-corrected chi connectivity index (χ1v) is 10.3. The Morgan fingerprint density at radius 3 is 2.68 bits per heavy atom. The number of hydrogen-bond donors (Lipinski definition) is 2. The third-order valence-corrected chi connectivity index (χ3v) is 4.71. The van der Waals surface area contributed by atoms with Crippen molar-refractivity contribution in [2.75, 3.05) is 26.1 Å². The highest BCUT2D eigenvalue weighted by molar-refractivity contribution is 5.96. The lowest BCUT2D eigenvalue weighted by atomic mass is 10.1. The fraction of sp³-hybridized carbons (Fsp3) is 0.333. The lowest BCUT2D eigenvalue weighted by Gasteiger charge is -2.17. The Morgan fingerprint density at radius 1 is 1.13 bits per heavy atom. The first-order chi connectivity index (χ1) is 14.9. The summed E-state index contributed by atoms with van der Waals surface area (Å²) in [6.45, 7) is 6.68. The molecule has 3 aromatic rings. The minimum absolute atomic E-state index is 0.217. The molecule has 3 N–H and O–H groups in total. The van der Waals surface area contributed by atoms with E-state index in [1.807, 2.05) is 45.0 Å². The molecule has 2 aromatic carbocycles. The van der Waals surface area contributed by atoms with Crippen molar-refractivity contribution in [3.63, 3.8) is 0 Å². The Morgan fingerprint density at radius 2 is 1.94 bits per heavy atom. The van der Waals surface area contributed by atoms with Crippen molar-refractivity contribution < 1.29 is 19.0 Å². The number of amides is 1. The van der Waals surface area contributed by atoms with Gasteiger partial charge in [0.2, 0.25) is 0 Å². The lowest BCUT2D eigenvalue weighted by Crippen LogP contribution is -2.36. The zero-order valence-electron chi connectivity index (χ0n) is 18.4. The predicted octanol–water partition coefficient (Wildman–Crippen LogP) is 4.12. The number of ether oxygens (including phenoxy) is 3. The van der Waals surface area contributed by atoms with Gasteiger partial charge in [-0.1, -0.05) is 13.0 Å². The molecule has 164 valence electrons. The summed E-state index contributed by atoms with van der Waals surface area (Å²) in [5.41, 5.74) is 8.92. The van der Waals surface area contributed by atoms with Crippen LogP contribution in [0.5, 0.6) is 17.2 Å². The van der Waals surface area contributed by atoms with E-state index in [-0.39, 0.29) is 18.6 Å². The van der Waals surface area contributed by atoms with Gasteiger partial charge < -0.3 is 25.3 Å². The topological polar surface area (TPSA) is 95.7 Å². The molecular weight excluding hydrogens is 394 g/mol. The third-order valence-electron chi connectivity index (χ3n) is 4.71. The van der Waals surface area contributed by atoms with Crippen molar-refractivity contribution in [3.05, 3.63) is 53.7 Å². The van der Waals surface area contributed by atoms with Crippen LogP contribution in [-0.2, 0) is 0 Å². The molecule has 0 aliphatic rings. The standard InChI is InChI=1S/C24H29N3O4/c1-5-11-30-20-10-9-17(13-22(20)29-4)24(28)27-16(3)14-31-21-8-6-7-19-23(21)18(25)12-15(2)26-19/h6-10,12-13,16H,5,11,14H2,1-4H3,(H2,25,26)(H,27,28). The smallest absolute Gasteiger partial charge is 0.251 e. The summed E-state index contributed by atoms with van der Waals surface area (Å²) in [7, 11) is 1.55. The van der Waals surface area contributed by atoms with Crippen LogP contribution in [0.4, 0.5) is 5.69 Å². The highest BCUT2D eigenvalue weighted by Crippen LogP contribution is 2.30. The van der Waals surface area contributed by atoms with Crippen LogP contribution in [0.2, 0.25) is 0 Å². The van der Waals surface area contributed by atoms with E-state index in [0.717, 1.165) is 23.0 Å². The van der Waals surface area contributed by atoms with Crippen molar-refractivity contribution in [2.45, 2.75) is 33.2 Å². The quantitative estimate of drug-likeness (QED) is 0.537. The van der Waals surface area contributed by atoms with Crippen LogP contribution in [0, 0.1) is 6.92 Å². The summed E-state index contributed by atoms with van der Waals surface area (Å²) in [5.74, 6) is 1.57. The molecule has 0 spiro atoms. The summed E-state index contributed by atoms with van der Waals surface area (Å²) in [6.07, 6.45) is 0.890. The van der Waals surface area contributed by atoms with Gasteiger partial charge in [0.15, 0.2) is 11.5 Å². The van der Waals surface area contributed by atoms with E-state index in [1.54, 1.807) is 25.3 Å². The fourth-order valence-electron chi connectivity index (χ4n) is 3.25. The number of aromatic nitrogens is 1. The van der Waals surface area contributed by atoms with Gasteiger partial charge in [-0.05, 0) is 56.7 Å². The Balaban J connectivity index is 1.66. The maximum Gasteiger partial charge on any atom is 0.251 e. The number of nitrogens with zero attached hydrogens (tertiary/aromatic N) is 1. The molecule has 0 aliphatic heterocycles. The van der Waals surface area contributed by atoms with Gasteiger partial charge in [0.1, 0.15) is 12.4 Å². The fourth-order valence-corrected chi connectivity index (χ4v) is 3.25. The molecule has 31 heavy (non-hydrogen) atoms. The summed E-state index contributed by atoms with van der Waals surface area (Å²) in [6, 6.07) is 12.4. The second-order valence-corrected chi connectivity index (χ2v) is 7.40. The molecule has 1 amide bonds. The zero-order valence-corrected chi connectivity index (χ0v) is 18.4. The van der Waals surface area contributed by atoms with Crippen LogP contribution < -0.4 is 25.3 Å². The maximum atomic E-state index is 12.7. The van der Waals surface area contributed by atoms with Crippen molar-refractivity contribution >= 4 is 22.5 Å². The van der Waals surface area contributed by atoms with Gasteiger partial charge in [-0.25, -0.2) is 0 Å². The molecule has 0 bridgehead atoms. The van der Waals surface area contributed by atoms with Gasteiger partial charge in [0, 0.05) is 16.9 Å². The highest BCUT2D eigenvalue weighted by Gasteiger charge is 2.15. The van der Waals surface area contributed by atoms with E-state index in [2.05, 4.69) is 10.3 Å². The average molecular weight is 424 g/mol. The number of nitrogens with two attached hydrogens (primary N) is 1. The monoisotopic (exact) mass is 423 g/mol. The first-order valence-electron chi connectivity index (χ1n) is 10.3. The van der Waals surface area contributed by atoms with Crippen LogP contribution in [0.25, 0.3) is 10.9 Å². The molecule has 0 saturated heterocycles. The number of benzene rings is 2. The molecule has 1 heterocycles. The molecule has 1 aromatic heterocycles. The Labute approximate surface area is 182 Å². The average Bonchev–Trinajstić information content (AvgIpc) is 2.75. The predicted molar refractivity (Wildman–Crippen MR) is 122 cm³/mol. The van der Waals surface area contributed by atoms with E-state index < -0.39 is 0 Å². The number of fused-ring (bicyclic) bond motifs is 1. The zero-order chi connectivity index (χ0) is 22.4. The summed E-state index contributed by atoms with van der Waals surface area (Å²) in [5, 5.41) is 3.72. The number of nitrogens with one attached hydrogen (secondary N) is 1. The second-order valence-electron chi connectivity index (χ2n) is 7.40. The van der Waals surface area contributed by atoms with Gasteiger partial charge in [-0.3, -0.25) is 9.78 Å². The van der Waals surface area contributed by atoms with E-state index in [0.29, 0.717) is 35.1 Å². The Hall–Kier alpha value is -3.48. The van der Waals surface area contributed by atoms with Gasteiger partial charge in [0.25, 0.3) is 5.91 Å². The van der Waals surface area contributed by atoms with Crippen molar-refractivity contribution in [1.29, 1.82) is 0 Å². The van der Waals surface area contributed by atoms with Crippen LogP contribution >= 0.6 is 0 Å². The number of aryl methyl sites for hydroxylation is 1. The van der Waals surface area contributed by atoms with E-state index >= 15 is 0 Å². The van der Waals surface area contributed by atoms with Gasteiger partial charge in [0.05, 0.1) is 30.7 Å². The van der Waals surface area contributed by atoms with E-state index in [4.69, 9.17) is 19.9 Å². The minimum atomic E-state index is -0.232. The molecule has 0 saturated carbocycles. The number of methoxy groups -OCH3 is 1. The van der Waals surface area contributed by atoms with Crippen LogP contribution in [0.1, 0.15) is 36.3 Å². The van der Waals surface area contributed by atoms with E-state index in [1.165, 1.54) is 0 Å². The molecule has 7 heteroatoms. The van der Waals surface area contributed by atoms with E-state index in [9.17, 15) is 4.79 Å². The maximum absolute atomic E-state index is 12.7. The number of hydrogen-bond acceptors (Lipinski definition) is 6. The summed E-state index contributed by atoms with van der Waals surface area (Å²) >= 11 is 0. The number of carbonyl (C=O) groups excluding carboxylic acids is 1. The molecule has 3 rings (SSSR count). The highest BCUT2D eigenvalue weighted by atomic mass is 16.5. The number of nitrogen functional groups attached to an aromatic ring is 1. The van der Waals surface area contributed by atoms with Gasteiger partial charge in [-0.15, -0.1) is 0 Å². The molecule has 1 atom stereocenters.